The molecule has 0 aromatic carbocycles. The van der Waals surface area contributed by atoms with E-state index in [1.54, 1.807) is 11.3 Å². The first-order chi connectivity index (χ1) is 12.1. The molecular formula is C19H35N5S. The molecule has 1 fully saturated rings. The van der Waals surface area contributed by atoms with E-state index in [1.807, 2.05) is 0 Å². The maximum absolute atomic E-state index is 4.67. The molecule has 1 aromatic heterocycles. The number of thiazole rings is 1. The van der Waals surface area contributed by atoms with Gasteiger partial charge in [-0.1, -0.05) is 6.42 Å². The number of likely N-dealkylation sites (tertiary alicyclic amines) is 1. The molecule has 0 amide bonds. The van der Waals surface area contributed by atoms with Gasteiger partial charge in [0.1, 0.15) is 5.01 Å². The van der Waals surface area contributed by atoms with Crippen molar-refractivity contribution in [1.82, 2.24) is 20.5 Å². The van der Waals surface area contributed by atoms with Crippen molar-refractivity contribution in [2.24, 2.45) is 4.99 Å². The summed E-state index contributed by atoms with van der Waals surface area (Å²) in [6.07, 6.45) is 6.57. The predicted molar refractivity (Wildman–Crippen MR) is 109 cm³/mol. The largest absolute Gasteiger partial charge is 0.357 e. The van der Waals surface area contributed by atoms with Crippen LogP contribution in [0.3, 0.4) is 0 Å². The lowest BCUT2D eigenvalue weighted by Crippen LogP contribution is -2.39. The van der Waals surface area contributed by atoms with Crippen molar-refractivity contribution in [3.63, 3.8) is 0 Å². The fourth-order valence-corrected chi connectivity index (χ4v) is 4.09. The van der Waals surface area contributed by atoms with Gasteiger partial charge in [0.05, 0.1) is 12.2 Å². The smallest absolute Gasteiger partial charge is 0.191 e. The monoisotopic (exact) mass is 365 g/mol. The number of nitrogens with zero attached hydrogens (tertiary/aromatic N) is 3. The van der Waals surface area contributed by atoms with Gasteiger partial charge in [0, 0.05) is 24.0 Å². The van der Waals surface area contributed by atoms with Crippen molar-refractivity contribution in [2.75, 3.05) is 26.2 Å². The Hall–Kier alpha value is -1.14. The first-order valence-electron chi connectivity index (χ1n) is 9.79. The Morgan fingerprint density at radius 1 is 1.28 bits per heavy atom. The van der Waals surface area contributed by atoms with Crippen LogP contribution in [0.25, 0.3) is 0 Å². The zero-order valence-electron chi connectivity index (χ0n) is 16.4. The number of aromatic nitrogens is 1. The molecule has 0 bridgehead atoms. The van der Waals surface area contributed by atoms with Gasteiger partial charge in [0.25, 0.3) is 0 Å². The topological polar surface area (TPSA) is 52.6 Å². The van der Waals surface area contributed by atoms with Crippen LogP contribution in [0.15, 0.2) is 4.99 Å². The van der Waals surface area contributed by atoms with Gasteiger partial charge in [-0.2, -0.15) is 0 Å². The van der Waals surface area contributed by atoms with E-state index in [2.05, 4.69) is 53.2 Å². The first-order valence-corrected chi connectivity index (χ1v) is 10.6. The fraction of sp³-hybridized carbons (Fsp3) is 0.789. The number of piperidine rings is 1. The molecule has 1 aromatic rings. The maximum Gasteiger partial charge on any atom is 0.191 e. The minimum absolute atomic E-state index is 0.653. The average Bonchev–Trinajstić information content (AvgIpc) is 2.92. The Kier molecular flexibility index (Phi) is 8.68. The van der Waals surface area contributed by atoms with Crippen molar-refractivity contribution >= 4 is 17.3 Å². The molecule has 2 rings (SSSR count). The highest BCUT2D eigenvalue weighted by Gasteiger charge is 2.16. The highest BCUT2D eigenvalue weighted by Crippen LogP contribution is 2.17. The minimum Gasteiger partial charge on any atom is -0.357 e. The minimum atomic E-state index is 0.653. The van der Waals surface area contributed by atoms with Crippen LogP contribution in [0, 0.1) is 13.8 Å². The molecule has 2 heterocycles. The third-order valence-corrected chi connectivity index (χ3v) is 5.95. The molecule has 0 saturated carbocycles. The second kappa shape index (κ2) is 10.8. The van der Waals surface area contributed by atoms with E-state index < -0.39 is 0 Å². The summed E-state index contributed by atoms with van der Waals surface area (Å²) in [7, 11) is 0. The summed E-state index contributed by atoms with van der Waals surface area (Å²) in [6.45, 7) is 13.7. The predicted octanol–water partition coefficient (Wildman–Crippen LogP) is 3.47. The van der Waals surface area contributed by atoms with Crippen LogP contribution < -0.4 is 10.6 Å². The van der Waals surface area contributed by atoms with Crippen LogP contribution in [0.2, 0.25) is 0 Å². The van der Waals surface area contributed by atoms with Gasteiger partial charge in [-0.3, -0.25) is 0 Å². The fourth-order valence-electron chi connectivity index (χ4n) is 3.23. The van der Waals surface area contributed by atoms with Crippen LogP contribution in [-0.4, -0.2) is 48.1 Å². The molecule has 0 radical (unpaired) electrons. The Labute approximate surface area is 157 Å². The molecule has 1 aliphatic heterocycles. The molecule has 0 spiro atoms. The quantitative estimate of drug-likeness (QED) is 0.421. The summed E-state index contributed by atoms with van der Waals surface area (Å²) in [5.41, 5.74) is 1.13. The average molecular weight is 366 g/mol. The Bertz CT molecular complexity index is 520. The molecule has 1 saturated heterocycles. The number of aliphatic imine (C=N–C) groups is 1. The zero-order valence-corrected chi connectivity index (χ0v) is 17.2. The standard InChI is InChI=1S/C19H35N5S/c1-5-20-19(22-14-18-23-16(3)17(4)25-18)21-11-7-9-13-24-12-8-6-10-15(24)2/h15H,5-14H2,1-4H3,(H2,20,21,22). The summed E-state index contributed by atoms with van der Waals surface area (Å²) in [5.74, 6) is 0.902. The Morgan fingerprint density at radius 2 is 2.12 bits per heavy atom. The van der Waals surface area contributed by atoms with Gasteiger partial charge < -0.3 is 15.5 Å². The van der Waals surface area contributed by atoms with E-state index >= 15 is 0 Å². The molecule has 0 aliphatic carbocycles. The summed E-state index contributed by atoms with van der Waals surface area (Å²) in [6, 6.07) is 0.769. The van der Waals surface area contributed by atoms with Gasteiger partial charge >= 0.3 is 0 Å². The third-order valence-electron chi connectivity index (χ3n) is 4.89. The molecular weight excluding hydrogens is 330 g/mol. The van der Waals surface area contributed by atoms with E-state index in [4.69, 9.17) is 0 Å². The van der Waals surface area contributed by atoms with Crippen LogP contribution >= 0.6 is 11.3 Å². The van der Waals surface area contributed by atoms with Crippen LogP contribution in [0.5, 0.6) is 0 Å². The van der Waals surface area contributed by atoms with Crippen LogP contribution in [0.1, 0.15) is 61.5 Å². The summed E-state index contributed by atoms with van der Waals surface area (Å²) in [5, 5.41) is 7.87. The molecule has 1 unspecified atom stereocenters. The summed E-state index contributed by atoms with van der Waals surface area (Å²) in [4.78, 5) is 13.2. The second-order valence-corrected chi connectivity index (χ2v) is 8.25. The Morgan fingerprint density at radius 3 is 2.80 bits per heavy atom. The normalized spacial score (nSPS) is 19.2. The molecule has 1 aliphatic rings. The highest BCUT2D eigenvalue weighted by atomic mass is 32.1. The summed E-state index contributed by atoms with van der Waals surface area (Å²) >= 11 is 1.74. The number of guanidine groups is 1. The lowest BCUT2D eigenvalue weighted by atomic mass is 10.0. The van der Waals surface area contributed by atoms with E-state index in [0.717, 1.165) is 35.8 Å². The van der Waals surface area contributed by atoms with Crippen molar-refractivity contribution in [3.05, 3.63) is 15.6 Å². The molecule has 6 heteroatoms. The van der Waals surface area contributed by atoms with Crippen LogP contribution in [0.4, 0.5) is 0 Å². The van der Waals surface area contributed by atoms with Crippen molar-refractivity contribution in [3.8, 4) is 0 Å². The van der Waals surface area contributed by atoms with Gasteiger partial charge in [-0.05, 0) is 66.5 Å². The number of rotatable bonds is 8. The second-order valence-electron chi connectivity index (χ2n) is 6.96. The Balaban J connectivity index is 1.68. The number of aryl methyl sites for hydroxylation is 2. The number of hydrogen-bond acceptors (Lipinski definition) is 4. The molecule has 2 N–H and O–H groups in total. The van der Waals surface area contributed by atoms with E-state index in [1.165, 1.54) is 50.1 Å². The van der Waals surface area contributed by atoms with E-state index in [-0.39, 0.29) is 0 Å². The SMILES string of the molecule is CCNC(=NCc1nc(C)c(C)s1)NCCCCN1CCCCC1C. The third kappa shape index (κ3) is 6.94. The van der Waals surface area contributed by atoms with Crippen molar-refractivity contribution in [1.29, 1.82) is 0 Å². The highest BCUT2D eigenvalue weighted by molar-refractivity contribution is 7.11. The molecule has 142 valence electrons. The van der Waals surface area contributed by atoms with Gasteiger partial charge in [0.15, 0.2) is 5.96 Å². The van der Waals surface area contributed by atoms with Crippen molar-refractivity contribution in [2.45, 2.75) is 72.4 Å². The molecule has 5 nitrogen and oxygen atoms in total. The molecule has 25 heavy (non-hydrogen) atoms. The lowest BCUT2D eigenvalue weighted by molar-refractivity contribution is 0.158. The van der Waals surface area contributed by atoms with Gasteiger partial charge in [-0.15, -0.1) is 11.3 Å². The number of hydrogen-bond donors (Lipinski definition) is 2. The van der Waals surface area contributed by atoms with Crippen LogP contribution in [-0.2, 0) is 6.54 Å². The number of unbranched alkanes of at least 4 members (excludes halogenated alkanes) is 1. The number of nitrogens with one attached hydrogen (secondary N) is 2. The van der Waals surface area contributed by atoms with E-state index in [9.17, 15) is 0 Å². The summed E-state index contributed by atoms with van der Waals surface area (Å²) < 4.78 is 0. The van der Waals surface area contributed by atoms with E-state index in [0.29, 0.717) is 6.54 Å². The molecule has 1 atom stereocenters. The zero-order chi connectivity index (χ0) is 18.1. The lowest BCUT2D eigenvalue weighted by Gasteiger charge is -2.33. The van der Waals surface area contributed by atoms with Gasteiger partial charge in [0.2, 0.25) is 0 Å². The van der Waals surface area contributed by atoms with Gasteiger partial charge in [-0.25, -0.2) is 9.98 Å². The first kappa shape index (κ1) is 20.2. The van der Waals surface area contributed by atoms with Crippen molar-refractivity contribution < 1.29 is 0 Å². The maximum atomic E-state index is 4.67.